The van der Waals surface area contributed by atoms with E-state index in [9.17, 15) is 4.79 Å². The Kier molecular flexibility index (Phi) is 5.64. The van der Waals surface area contributed by atoms with Crippen LogP contribution in [-0.2, 0) is 4.79 Å². The van der Waals surface area contributed by atoms with Crippen LogP contribution in [0.1, 0.15) is 5.56 Å². The number of benzene rings is 1. The van der Waals surface area contributed by atoms with Crippen molar-refractivity contribution in [1.29, 1.82) is 0 Å². The fourth-order valence-corrected chi connectivity index (χ4v) is 3.61. The van der Waals surface area contributed by atoms with Crippen LogP contribution in [0.5, 0.6) is 0 Å². The van der Waals surface area contributed by atoms with Gasteiger partial charge in [-0.25, -0.2) is 4.98 Å². The monoisotopic (exact) mass is 341 g/mol. The van der Waals surface area contributed by atoms with Crippen molar-refractivity contribution in [3.05, 3.63) is 35.2 Å². The second kappa shape index (κ2) is 7.26. The van der Waals surface area contributed by atoms with Gasteiger partial charge < -0.3 is 5.32 Å². The zero-order chi connectivity index (χ0) is 13.9. The number of thioether (sulfide) groups is 1. The van der Waals surface area contributed by atoms with Gasteiger partial charge in [0, 0.05) is 22.6 Å². The number of nitrogens with zero attached hydrogens (tertiary/aromatic N) is 1. The molecule has 1 saturated heterocycles. The molecule has 2 N–H and O–H groups in total. The van der Waals surface area contributed by atoms with Crippen LogP contribution < -0.4 is 10.6 Å². The van der Waals surface area contributed by atoms with E-state index < -0.39 is 0 Å². The third-order valence-corrected chi connectivity index (χ3v) is 4.81. The maximum absolute atomic E-state index is 12.0. The summed E-state index contributed by atoms with van der Waals surface area (Å²) in [6.45, 7) is 2.06. The minimum atomic E-state index is -0.105. The summed E-state index contributed by atoms with van der Waals surface area (Å²) in [4.78, 5) is 16.5. The Hall–Kier alpha value is -1.08. The Balaban J connectivity index is 0.00000161. The number of nitrogens with one attached hydrogen (secondary N) is 2. The topological polar surface area (TPSA) is 54.0 Å². The van der Waals surface area contributed by atoms with Crippen molar-refractivity contribution in [2.75, 3.05) is 16.9 Å². The van der Waals surface area contributed by atoms with Crippen LogP contribution in [0.2, 0.25) is 0 Å². The molecule has 112 valence electrons. The van der Waals surface area contributed by atoms with Crippen molar-refractivity contribution in [3.8, 4) is 11.3 Å². The predicted molar refractivity (Wildman–Crippen MR) is 92.4 cm³/mol. The van der Waals surface area contributed by atoms with E-state index >= 15 is 0 Å². The summed E-state index contributed by atoms with van der Waals surface area (Å²) < 4.78 is 0. The molecule has 3 rings (SSSR count). The molecule has 1 atom stereocenters. The van der Waals surface area contributed by atoms with E-state index in [1.54, 1.807) is 11.8 Å². The van der Waals surface area contributed by atoms with E-state index in [0.717, 1.165) is 22.9 Å². The summed E-state index contributed by atoms with van der Waals surface area (Å²) in [6, 6.07) is 8.11. The predicted octanol–water partition coefficient (Wildman–Crippen LogP) is 3.14. The summed E-state index contributed by atoms with van der Waals surface area (Å²) in [5.41, 5.74) is 3.20. The summed E-state index contributed by atoms with van der Waals surface area (Å²) in [5, 5.41) is 8.65. The number of aryl methyl sites for hydroxylation is 1. The van der Waals surface area contributed by atoms with E-state index in [-0.39, 0.29) is 24.4 Å². The zero-order valence-corrected chi connectivity index (χ0v) is 13.9. The molecular weight excluding hydrogens is 326 g/mol. The maximum atomic E-state index is 12.0. The van der Waals surface area contributed by atoms with Crippen molar-refractivity contribution in [3.63, 3.8) is 0 Å². The molecule has 1 fully saturated rings. The molecule has 2 aromatic rings. The fourth-order valence-electron chi connectivity index (χ4n) is 1.94. The molecule has 0 radical (unpaired) electrons. The third kappa shape index (κ3) is 3.97. The first-order valence-electron chi connectivity index (χ1n) is 6.37. The van der Waals surface area contributed by atoms with Gasteiger partial charge in [0.2, 0.25) is 5.91 Å². The molecule has 1 aliphatic rings. The van der Waals surface area contributed by atoms with E-state index in [2.05, 4.69) is 34.7 Å². The summed E-state index contributed by atoms with van der Waals surface area (Å²) >= 11 is 3.19. The van der Waals surface area contributed by atoms with Crippen LogP contribution in [0, 0.1) is 6.92 Å². The average Bonchev–Trinajstić information content (AvgIpc) is 3.10. The van der Waals surface area contributed by atoms with E-state index in [1.807, 2.05) is 17.5 Å². The molecule has 1 aromatic heterocycles. The van der Waals surface area contributed by atoms with Gasteiger partial charge in [0.05, 0.1) is 11.7 Å². The lowest BCUT2D eigenvalue weighted by molar-refractivity contribution is -0.117. The molecule has 0 spiro atoms. The largest absolute Gasteiger partial charge is 0.301 e. The van der Waals surface area contributed by atoms with Gasteiger partial charge in [0.15, 0.2) is 5.13 Å². The highest BCUT2D eigenvalue weighted by Gasteiger charge is 2.23. The summed E-state index contributed by atoms with van der Waals surface area (Å²) in [5.74, 6) is 1.66. The molecule has 7 heteroatoms. The lowest BCUT2D eigenvalue weighted by Gasteiger charge is -2.07. The van der Waals surface area contributed by atoms with Gasteiger partial charge in [-0.2, -0.15) is 0 Å². The number of hydrogen-bond acceptors (Lipinski definition) is 5. The van der Waals surface area contributed by atoms with Crippen LogP contribution in [0.25, 0.3) is 11.3 Å². The number of thiazole rings is 1. The van der Waals surface area contributed by atoms with E-state index in [0.29, 0.717) is 5.13 Å². The van der Waals surface area contributed by atoms with Gasteiger partial charge in [0.25, 0.3) is 0 Å². The molecular formula is C14H16ClN3OS2. The Morgan fingerprint density at radius 1 is 1.38 bits per heavy atom. The number of rotatable bonds is 3. The Bertz CT molecular complexity index is 609. The first-order chi connectivity index (χ1) is 9.72. The zero-order valence-electron chi connectivity index (χ0n) is 11.5. The molecule has 21 heavy (non-hydrogen) atoms. The van der Waals surface area contributed by atoms with Gasteiger partial charge in [-0.05, 0) is 6.92 Å². The van der Waals surface area contributed by atoms with Crippen molar-refractivity contribution in [2.24, 2.45) is 0 Å². The molecule has 1 aliphatic heterocycles. The van der Waals surface area contributed by atoms with Crippen molar-refractivity contribution in [2.45, 2.75) is 13.0 Å². The number of aromatic nitrogens is 1. The second-order valence-electron chi connectivity index (χ2n) is 4.67. The molecule has 0 aliphatic carbocycles. The van der Waals surface area contributed by atoms with Gasteiger partial charge in [-0.3, -0.25) is 10.1 Å². The van der Waals surface area contributed by atoms with Crippen LogP contribution in [0.3, 0.4) is 0 Å². The SMILES string of the molecule is Cc1ccc(-c2csc(NC(=O)C3CSCN3)n2)cc1.Cl. The number of anilines is 1. The number of carbonyl (C=O) groups is 1. The van der Waals surface area contributed by atoms with Crippen LogP contribution >= 0.6 is 35.5 Å². The van der Waals surface area contributed by atoms with Crippen molar-refractivity contribution >= 4 is 46.5 Å². The molecule has 4 nitrogen and oxygen atoms in total. The van der Waals surface area contributed by atoms with Gasteiger partial charge >= 0.3 is 0 Å². The number of carbonyl (C=O) groups excluding carboxylic acids is 1. The standard InChI is InChI=1S/C14H15N3OS2.ClH/c1-9-2-4-10(5-3-9)11-7-20-14(16-11)17-13(18)12-6-19-8-15-12;/h2-5,7,12,15H,6,8H2,1H3,(H,16,17,18);1H. The highest BCUT2D eigenvalue weighted by atomic mass is 35.5. The Labute approximate surface area is 138 Å². The van der Waals surface area contributed by atoms with Gasteiger partial charge in [-0.15, -0.1) is 35.5 Å². The quantitative estimate of drug-likeness (QED) is 0.900. The van der Waals surface area contributed by atoms with Gasteiger partial charge in [-0.1, -0.05) is 29.8 Å². The van der Waals surface area contributed by atoms with Gasteiger partial charge in [0.1, 0.15) is 0 Å². The summed E-state index contributed by atoms with van der Waals surface area (Å²) in [7, 11) is 0. The highest BCUT2D eigenvalue weighted by Crippen LogP contribution is 2.25. The molecule has 0 bridgehead atoms. The number of amides is 1. The molecule has 1 aromatic carbocycles. The highest BCUT2D eigenvalue weighted by molar-refractivity contribution is 7.99. The molecule has 1 amide bonds. The Morgan fingerprint density at radius 2 is 2.14 bits per heavy atom. The van der Waals surface area contributed by atoms with Crippen LogP contribution in [-0.4, -0.2) is 28.6 Å². The lowest BCUT2D eigenvalue weighted by atomic mass is 10.1. The van der Waals surface area contributed by atoms with Crippen LogP contribution in [0.15, 0.2) is 29.6 Å². The normalized spacial score (nSPS) is 17.3. The van der Waals surface area contributed by atoms with E-state index in [4.69, 9.17) is 0 Å². The molecule has 2 heterocycles. The summed E-state index contributed by atoms with van der Waals surface area (Å²) in [6.07, 6.45) is 0. The first kappa shape index (κ1) is 16.3. The third-order valence-electron chi connectivity index (χ3n) is 3.11. The minimum Gasteiger partial charge on any atom is -0.301 e. The maximum Gasteiger partial charge on any atom is 0.244 e. The van der Waals surface area contributed by atoms with E-state index in [1.165, 1.54) is 16.9 Å². The Morgan fingerprint density at radius 3 is 2.81 bits per heavy atom. The van der Waals surface area contributed by atoms with Crippen LogP contribution in [0.4, 0.5) is 5.13 Å². The second-order valence-corrected chi connectivity index (χ2v) is 6.55. The molecule has 0 saturated carbocycles. The number of hydrogen-bond donors (Lipinski definition) is 2. The molecule has 1 unspecified atom stereocenters. The minimum absolute atomic E-state index is 0. The van der Waals surface area contributed by atoms with Crippen molar-refractivity contribution in [1.82, 2.24) is 10.3 Å². The number of halogens is 1. The van der Waals surface area contributed by atoms with Crippen molar-refractivity contribution < 1.29 is 4.79 Å². The lowest BCUT2D eigenvalue weighted by Crippen LogP contribution is -2.37. The fraction of sp³-hybridized carbons (Fsp3) is 0.286. The average molecular weight is 342 g/mol. The smallest absolute Gasteiger partial charge is 0.244 e. The first-order valence-corrected chi connectivity index (χ1v) is 8.40.